The van der Waals surface area contributed by atoms with Crippen LogP contribution >= 0.6 is 0 Å². The average Bonchev–Trinajstić information content (AvgIpc) is 3.25. The number of halogens is 3. The SMILES string of the molecule is CCOC(=O)c1oc2c(c(C(F)(F)F)nn2-c2ccc(OC)cc2)c1C(=O)OCC. The van der Waals surface area contributed by atoms with E-state index in [4.69, 9.17) is 18.6 Å². The molecule has 2 aromatic heterocycles. The molecule has 0 N–H and O–H groups in total. The van der Waals surface area contributed by atoms with Gasteiger partial charge in [0.05, 0.1) is 31.4 Å². The number of carbonyl (C=O) groups excluding carboxylic acids is 2. The number of aromatic nitrogens is 2. The molecule has 8 nitrogen and oxygen atoms in total. The van der Waals surface area contributed by atoms with Gasteiger partial charge in [-0.15, -0.1) is 0 Å². The number of hydrogen-bond acceptors (Lipinski definition) is 7. The van der Waals surface area contributed by atoms with Crippen molar-refractivity contribution >= 4 is 23.0 Å². The number of carbonyl (C=O) groups is 2. The van der Waals surface area contributed by atoms with Crippen molar-refractivity contribution in [2.24, 2.45) is 0 Å². The monoisotopic (exact) mass is 426 g/mol. The molecular formula is C19H17F3N2O6. The zero-order valence-corrected chi connectivity index (χ0v) is 16.2. The number of benzene rings is 1. The number of ether oxygens (including phenoxy) is 3. The Labute approximate surface area is 168 Å². The van der Waals surface area contributed by atoms with Gasteiger partial charge in [-0.05, 0) is 38.1 Å². The predicted octanol–water partition coefficient (Wildman–Crippen LogP) is 4.00. The highest BCUT2D eigenvalue weighted by Gasteiger charge is 2.43. The first-order chi connectivity index (χ1) is 14.2. The second-order valence-corrected chi connectivity index (χ2v) is 5.88. The number of alkyl halides is 3. The summed E-state index contributed by atoms with van der Waals surface area (Å²) in [5, 5.41) is 2.91. The lowest BCUT2D eigenvalue weighted by molar-refractivity contribution is -0.140. The first-order valence-corrected chi connectivity index (χ1v) is 8.84. The van der Waals surface area contributed by atoms with E-state index in [1.807, 2.05) is 0 Å². The highest BCUT2D eigenvalue weighted by atomic mass is 19.4. The molecule has 0 aliphatic heterocycles. The molecule has 0 fully saturated rings. The minimum Gasteiger partial charge on any atom is -0.497 e. The molecule has 0 bridgehead atoms. The normalized spacial score (nSPS) is 11.5. The van der Waals surface area contributed by atoms with Crippen molar-refractivity contribution in [1.29, 1.82) is 0 Å². The van der Waals surface area contributed by atoms with Gasteiger partial charge in [-0.3, -0.25) is 0 Å². The quantitative estimate of drug-likeness (QED) is 0.550. The van der Waals surface area contributed by atoms with Crippen LogP contribution in [0.3, 0.4) is 0 Å². The summed E-state index contributed by atoms with van der Waals surface area (Å²) in [7, 11) is 1.44. The maximum absolute atomic E-state index is 13.7. The van der Waals surface area contributed by atoms with Gasteiger partial charge in [-0.2, -0.15) is 23.0 Å². The van der Waals surface area contributed by atoms with Crippen LogP contribution in [0.15, 0.2) is 28.7 Å². The smallest absolute Gasteiger partial charge is 0.435 e. The topological polar surface area (TPSA) is 92.8 Å². The molecule has 1 aromatic carbocycles. The molecule has 0 aliphatic carbocycles. The van der Waals surface area contributed by atoms with E-state index in [1.54, 1.807) is 0 Å². The van der Waals surface area contributed by atoms with Gasteiger partial charge in [0.15, 0.2) is 5.69 Å². The number of hydrogen-bond donors (Lipinski definition) is 0. The Balaban J connectivity index is 2.35. The van der Waals surface area contributed by atoms with E-state index in [1.165, 1.54) is 45.2 Å². The maximum atomic E-state index is 13.7. The van der Waals surface area contributed by atoms with Crippen LogP contribution in [0, 0.1) is 0 Å². The van der Waals surface area contributed by atoms with Crippen molar-refractivity contribution in [1.82, 2.24) is 9.78 Å². The summed E-state index contributed by atoms with van der Waals surface area (Å²) in [4.78, 5) is 24.7. The van der Waals surface area contributed by atoms with Crippen molar-refractivity contribution in [3.8, 4) is 11.4 Å². The Morgan fingerprint density at radius 2 is 1.67 bits per heavy atom. The largest absolute Gasteiger partial charge is 0.497 e. The molecule has 0 saturated carbocycles. The van der Waals surface area contributed by atoms with Crippen LogP contribution in [0.1, 0.15) is 40.5 Å². The first kappa shape index (κ1) is 21.2. The van der Waals surface area contributed by atoms with E-state index in [0.717, 1.165) is 4.68 Å². The van der Waals surface area contributed by atoms with Crippen molar-refractivity contribution in [3.63, 3.8) is 0 Å². The number of furan rings is 1. The van der Waals surface area contributed by atoms with E-state index in [-0.39, 0.29) is 18.9 Å². The van der Waals surface area contributed by atoms with Crippen LogP contribution in [0.4, 0.5) is 13.2 Å². The van der Waals surface area contributed by atoms with Gasteiger partial charge in [-0.25, -0.2) is 9.59 Å². The van der Waals surface area contributed by atoms with E-state index >= 15 is 0 Å². The Morgan fingerprint density at radius 3 is 2.20 bits per heavy atom. The van der Waals surface area contributed by atoms with E-state index in [2.05, 4.69) is 5.10 Å². The number of nitrogens with zero attached hydrogens (tertiary/aromatic N) is 2. The Hall–Kier alpha value is -3.50. The summed E-state index contributed by atoms with van der Waals surface area (Å²) in [6, 6.07) is 5.92. The van der Waals surface area contributed by atoms with Crippen molar-refractivity contribution in [2.75, 3.05) is 20.3 Å². The van der Waals surface area contributed by atoms with Gasteiger partial charge in [0.2, 0.25) is 11.5 Å². The molecule has 0 aliphatic rings. The number of methoxy groups -OCH3 is 1. The van der Waals surface area contributed by atoms with Crippen LogP contribution in [0.5, 0.6) is 5.75 Å². The molecule has 0 saturated heterocycles. The molecule has 0 spiro atoms. The minimum absolute atomic E-state index is 0.0745. The second kappa shape index (κ2) is 8.09. The second-order valence-electron chi connectivity index (χ2n) is 5.88. The third kappa shape index (κ3) is 3.70. The maximum Gasteiger partial charge on any atom is 0.435 e. The molecule has 3 aromatic rings. The fraction of sp³-hybridized carbons (Fsp3) is 0.316. The van der Waals surface area contributed by atoms with E-state index < -0.39 is 46.2 Å². The molecule has 0 unspecified atom stereocenters. The van der Waals surface area contributed by atoms with Crippen LogP contribution in [0.2, 0.25) is 0 Å². The standard InChI is InChI=1S/C19H17F3N2O6/c1-4-28-17(25)12-13-15(19(20,21)22)23-24(10-6-8-11(27-3)9-7-10)16(13)30-14(12)18(26)29-5-2/h6-9H,4-5H2,1-3H3. The molecule has 2 heterocycles. The molecule has 3 rings (SSSR count). The lowest BCUT2D eigenvalue weighted by atomic mass is 10.1. The Morgan fingerprint density at radius 1 is 1.07 bits per heavy atom. The molecule has 30 heavy (non-hydrogen) atoms. The van der Waals surface area contributed by atoms with Gasteiger partial charge < -0.3 is 18.6 Å². The van der Waals surface area contributed by atoms with Crippen LogP contribution in [-0.4, -0.2) is 42.0 Å². The van der Waals surface area contributed by atoms with Crippen molar-refractivity contribution < 1.29 is 41.4 Å². The third-order valence-electron chi connectivity index (χ3n) is 4.04. The zero-order chi connectivity index (χ0) is 22.1. The molecule has 160 valence electrons. The molecule has 0 amide bonds. The van der Waals surface area contributed by atoms with Gasteiger partial charge in [0, 0.05) is 0 Å². The van der Waals surface area contributed by atoms with Crippen LogP contribution < -0.4 is 4.74 Å². The summed E-state index contributed by atoms with van der Waals surface area (Å²) >= 11 is 0. The third-order valence-corrected chi connectivity index (χ3v) is 4.04. The summed E-state index contributed by atoms with van der Waals surface area (Å²) in [6.45, 7) is 2.78. The highest BCUT2D eigenvalue weighted by molar-refractivity contribution is 6.12. The summed E-state index contributed by atoms with van der Waals surface area (Å²) in [5.74, 6) is -2.46. The Bertz CT molecular complexity index is 1080. The van der Waals surface area contributed by atoms with Crippen molar-refractivity contribution in [3.05, 3.63) is 41.3 Å². The zero-order valence-electron chi connectivity index (χ0n) is 16.2. The molecule has 0 radical (unpaired) electrons. The summed E-state index contributed by atoms with van der Waals surface area (Å²) < 4.78 is 62.2. The fourth-order valence-electron chi connectivity index (χ4n) is 2.82. The summed E-state index contributed by atoms with van der Waals surface area (Å²) in [5.41, 5.74) is -2.33. The molecular weight excluding hydrogens is 409 g/mol. The summed E-state index contributed by atoms with van der Waals surface area (Å²) in [6.07, 6.45) is -4.94. The number of fused-ring (bicyclic) bond motifs is 1. The van der Waals surface area contributed by atoms with Crippen LogP contribution in [0.25, 0.3) is 16.8 Å². The minimum atomic E-state index is -4.94. The van der Waals surface area contributed by atoms with E-state index in [0.29, 0.717) is 5.75 Å². The van der Waals surface area contributed by atoms with E-state index in [9.17, 15) is 22.8 Å². The average molecular weight is 426 g/mol. The van der Waals surface area contributed by atoms with Gasteiger partial charge >= 0.3 is 18.1 Å². The van der Waals surface area contributed by atoms with Gasteiger partial charge in [-0.1, -0.05) is 0 Å². The van der Waals surface area contributed by atoms with Crippen molar-refractivity contribution in [2.45, 2.75) is 20.0 Å². The highest BCUT2D eigenvalue weighted by Crippen LogP contribution is 2.40. The Kier molecular flexibility index (Phi) is 5.72. The lowest BCUT2D eigenvalue weighted by Gasteiger charge is -2.06. The number of rotatable bonds is 6. The number of esters is 2. The fourth-order valence-corrected chi connectivity index (χ4v) is 2.82. The molecule has 0 atom stereocenters. The first-order valence-electron chi connectivity index (χ1n) is 8.84. The van der Waals surface area contributed by atoms with Crippen LogP contribution in [-0.2, 0) is 15.7 Å². The lowest BCUT2D eigenvalue weighted by Crippen LogP contribution is -2.14. The van der Waals surface area contributed by atoms with Gasteiger partial charge in [0.25, 0.3) is 0 Å². The molecule has 11 heteroatoms. The predicted molar refractivity (Wildman–Crippen MR) is 96.8 cm³/mol. The van der Waals surface area contributed by atoms with Gasteiger partial charge in [0.1, 0.15) is 11.3 Å².